The lowest BCUT2D eigenvalue weighted by Crippen LogP contribution is -2.28. The predicted molar refractivity (Wildman–Crippen MR) is 141 cm³/mol. The van der Waals surface area contributed by atoms with Gasteiger partial charge in [-0.25, -0.2) is 14.4 Å². The highest BCUT2D eigenvalue weighted by molar-refractivity contribution is 7.19. The number of thiophene rings is 1. The number of hydrogen-bond donors (Lipinski definition) is 0. The summed E-state index contributed by atoms with van der Waals surface area (Å²) in [5.74, 6) is -1.93. The average molecular weight is 545 g/mol. The molecule has 0 spiro atoms. The molecule has 12 nitrogen and oxygen atoms in total. The molecule has 0 N–H and O–H groups in total. The number of ether oxygens (including phenoxy) is 3. The number of nitrogens with zero attached hydrogens (tertiary/aromatic N) is 4. The molecule has 1 aromatic carbocycles. The van der Waals surface area contributed by atoms with Crippen molar-refractivity contribution in [1.82, 2.24) is 0 Å². The molecule has 1 heterocycles. The standard InChI is InChI=1S/C25H28N4O8S/c1-6-28(11-12-35-23(30)16(2)3)19-9-7-18(8-10-19)26-27-22-20(15-21(38-22)29(33)34)25(32)37-14-13-36-24(31)17(4)5/h7-10,15H,2,4,6,11-14H2,1,3,5H3. The summed E-state index contributed by atoms with van der Waals surface area (Å²) < 4.78 is 15.1. The minimum absolute atomic E-state index is 0.000722. The van der Waals surface area contributed by atoms with Gasteiger partial charge in [0.15, 0.2) is 5.00 Å². The topological polar surface area (TPSA) is 150 Å². The van der Waals surface area contributed by atoms with Gasteiger partial charge < -0.3 is 19.1 Å². The van der Waals surface area contributed by atoms with Crippen LogP contribution in [0.25, 0.3) is 0 Å². The fourth-order valence-corrected chi connectivity index (χ4v) is 3.61. The van der Waals surface area contributed by atoms with E-state index < -0.39 is 22.8 Å². The molecule has 0 atom stereocenters. The highest BCUT2D eigenvalue weighted by atomic mass is 32.1. The highest BCUT2D eigenvalue weighted by Gasteiger charge is 2.23. The summed E-state index contributed by atoms with van der Waals surface area (Å²) in [6.45, 7) is 12.9. The summed E-state index contributed by atoms with van der Waals surface area (Å²) >= 11 is 0.675. The first-order chi connectivity index (χ1) is 18.0. The Hall–Kier alpha value is -4.39. The van der Waals surface area contributed by atoms with E-state index >= 15 is 0 Å². The van der Waals surface area contributed by atoms with Gasteiger partial charge in [0.1, 0.15) is 25.4 Å². The van der Waals surface area contributed by atoms with Crippen molar-refractivity contribution in [2.75, 3.05) is 37.8 Å². The number of carbonyl (C=O) groups excluding carboxylic acids is 3. The van der Waals surface area contributed by atoms with E-state index in [4.69, 9.17) is 14.2 Å². The fourth-order valence-electron chi connectivity index (χ4n) is 2.82. The Balaban J connectivity index is 2.07. The zero-order valence-electron chi connectivity index (χ0n) is 21.3. The Morgan fingerprint density at radius 2 is 1.55 bits per heavy atom. The maximum absolute atomic E-state index is 12.5. The Bertz CT molecular complexity index is 1240. The Morgan fingerprint density at radius 1 is 0.974 bits per heavy atom. The lowest BCUT2D eigenvalue weighted by molar-refractivity contribution is -0.380. The smallest absolute Gasteiger partial charge is 0.341 e. The van der Waals surface area contributed by atoms with Crippen LogP contribution in [0.4, 0.5) is 21.4 Å². The van der Waals surface area contributed by atoms with E-state index in [1.165, 1.54) is 6.92 Å². The van der Waals surface area contributed by atoms with Crippen LogP contribution in [0.1, 0.15) is 31.1 Å². The van der Waals surface area contributed by atoms with Crippen LogP contribution in [-0.2, 0) is 23.8 Å². The van der Waals surface area contributed by atoms with Crippen molar-refractivity contribution < 1.29 is 33.5 Å². The number of nitro groups is 1. The summed E-state index contributed by atoms with van der Waals surface area (Å²) in [7, 11) is 0. The van der Waals surface area contributed by atoms with Crippen molar-refractivity contribution in [2.24, 2.45) is 10.2 Å². The second-order valence-electron chi connectivity index (χ2n) is 7.83. The number of carbonyl (C=O) groups is 3. The molecule has 202 valence electrons. The Labute approximate surface area is 223 Å². The zero-order valence-corrected chi connectivity index (χ0v) is 22.1. The van der Waals surface area contributed by atoms with E-state index in [1.54, 1.807) is 31.2 Å². The molecular weight excluding hydrogens is 516 g/mol. The monoisotopic (exact) mass is 544 g/mol. The van der Waals surface area contributed by atoms with Gasteiger partial charge in [-0.1, -0.05) is 13.2 Å². The molecule has 0 radical (unpaired) electrons. The second-order valence-corrected chi connectivity index (χ2v) is 8.83. The molecule has 0 saturated heterocycles. The van der Waals surface area contributed by atoms with Crippen LogP contribution >= 0.6 is 11.3 Å². The van der Waals surface area contributed by atoms with Crippen LogP contribution in [-0.4, -0.2) is 55.7 Å². The van der Waals surface area contributed by atoms with E-state index in [0.717, 1.165) is 11.8 Å². The van der Waals surface area contributed by atoms with Gasteiger partial charge in [-0.05, 0) is 56.4 Å². The van der Waals surface area contributed by atoms with Crippen molar-refractivity contribution in [3.63, 3.8) is 0 Å². The quantitative estimate of drug-likeness (QED) is 0.0587. The lowest BCUT2D eigenvalue weighted by Gasteiger charge is -2.22. The third-order valence-corrected chi connectivity index (χ3v) is 5.76. The van der Waals surface area contributed by atoms with Gasteiger partial charge in [0, 0.05) is 29.4 Å². The zero-order chi connectivity index (χ0) is 28.2. The summed E-state index contributed by atoms with van der Waals surface area (Å²) in [4.78, 5) is 48.0. The number of likely N-dealkylation sites (N-methyl/N-ethyl adjacent to an activating group) is 1. The summed E-state index contributed by atoms with van der Waals surface area (Å²) in [5.41, 5.74) is 1.71. The van der Waals surface area contributed by atoms with Gasteiger partial charge in [-0.2, -0.15) is 0 Å². The maximum Gasteiger partial charge on any atom is 0.341 e. The molecule has 0 amide bonds. The van der Waals surface area contributed by atoms with E-state index in [9.17, 15) is 24.5 Å². The van der Waals surface area contributed by atoms with Crippen molar-refractivity contribution in [2.45, 2.75) is 20.8 Å². The number of benzene rings is 1. The molecule has 0 aliphatic carbocycles. The molecule has 0 saturated carbocycles. The van der Waals surface area contributed by atoms with Crippen molar-refractivity contribution in [3.8, 4) is 0 Å². The van der Waals surface area contributed by atoms with E-state index in [2.05, 4.69) is 23.4 Å². The predicted octanol–water partition coefficient (Wildman–Crippen LogP) is 5.29. The number of rotatable bonds is 14. The molecule has 13 heteroatoms. The van der Waals surface area contributed by atoms with Gasteiger partial charge in [-0.15, -0.1) is 10.2 Å². The van der Waals surface area contributed by atoms with Crippen molar-refractivity contribution in [1.29, 1.82) is 0 Å². The van der Waals surface area contributed by atoms with Crippen LogP contribution in [0.15, 0.2) is 64.9 Å². The Morgan fingerprint density at radius 3 is 2.11 bits per heavy atom. The van der Waals surface area contributed by atoms with Crippen LogP contribution in [0.5, 0.6) is 0 Å². The lowest BCUT2D eigenvalue weighted by atomic mass is 10.2. The molecule has 0 bridgehead atoms. The maximum atomic E-state index is 12.5. The molecule has 0 aliphatic heterocycles. The molecule has 0 unspecified atom stereocenters. The normalized spacial score (nSPS) is 10.6. The SMILES string of the molecule is C=C(C)C(=O)OCCOC(=O)c1cc([N+](=O)[O-])sc1N=Nc1ccc(N(CC)CCOC(=O)C(=C)C)cc1. The summed E-state index contributed by atoms with van der Waals surface area (Å²) in [5, 5.41) is 19.0. The Kier molecular flexibility index (Phi) is 11.3. The van der Waals surface area contributed by atoms with E-state index in [-0.39, 0.29) is 41.0 Å². The average Bonchev–Trinajstić information content (AvgIpc) is 3.32. The number of azo groups is 1. The molecule has 0 fully saturated rings. The summed E-state index contributed by atoms with van der Waals surface area (Å²) in [6, 6.07) is 8.05. The fraction of sp³-hybridized carbons (Fsp3) is 0.320. The molecular formula is C25H28N4O8S. The van der Waals surface area contributed by atoms with Crippen LogP contribution in [0.3, 0.4) is 0 Å². The largest absolute Gasteiger partial charge is 0.460 e. The highest BCUT2D eigenvalue weighted by Crippen LogP contribution is 2.37. The first-order valence-corrected chi connectivity index (χ1v) is 12.2. The molecule has 1 aromatic heterocycles. The van der Waals surface area contributed by atoms with Gasteiger partial charge in [0.05, 0.1) is 17.2 Å². The number of esters is 3. The number of hydrogen-bond acceptors (Lipinski definition) is 12. The van der Waals surface area contributed by atoms with Crippen LogP contribution in [0, 0.1) is 10.1 Å². The third kappa shape index (κ3) is 8.92. The molecule has 2 aromatic rings. The molecule has 2 rings (SSSR count). The van der Waals surface area contributed by atoms with Crippen LogP contribution in [0.2, 0.25) is 0 Å². The van der Waals surface area contributed by atoms with Gasteiger partial charge in [0.2, 0.25) is 0 Å². The molecule has 38 heavy (non-hydrogen) atoms. The minimum atomic E-state index is -0.865. The van der Waals surface area contributed by atoms with Gasteiger partial charge in [-0.3, -0.25) is 10.1 Å². The first-order valence-electron chi connectivity index (χ1n) is 11.4. The second kappa shape index (κ2) is 14.4. The first kappa shape index (κ1) is 29.8. The van der Waals surface area contributed by atoms with Crippen LogP contribution < -0.4 is 4.90 Å². The van der Waals surface area contributed by atoms with Gasteiger partial charge >= 0.3 is 22.9 Å². The molecule has 0 aliphatic rings. The van der Waals surface area contributed by atoms with Gasteiger partial charge in [0.25, 0.3) is 0 Å². The van der Waals surface area contributed by atoms with Crippen molar-refractivity contribution in [3.05, 3.63) is 70.3 Å². The van der Waals surface area contributed by atoms with E-state index in [1.807, 2.05) is 11.8 Å². The minimum Gasteiger partial charge on any atom is -0.460 e. The summed E-state index contributed by atoms with van der Waals surface area (Å²) in [6.07, 6.45) is 0. The number of anilines is 1. The van der Waals surface area contributed by atoms with Crippen molar-refractivity contribution >= 4 is 50.6 Å². The third-order valence-electron chi connectivity index (χ3n) is 4.79. The van der Waals surface area contributed by atoms with E-state index in [0.29, 0.717) is 35.7 Å².